The Labute approximate surface area is 242 Å². The molecule has 1 N–H and O–H groups in total. The summed E-state index contributed by atoms with van der Waals surface area (Å²) in [6.45, 7) is 6.83. The van der Waals surface area contributed by atoms with Crippen molar-refractivity contribution in [2.75, 3.05) is 0 Å². The Morgan fingerprint density at radius 1 is 0.800 bits per heavy atom. The molecule has 260 valence electrons. The highest BCUT2D eigenvalue weighted by atomic mass is 19.4. The Bertz CT molecular complexity index is 1210. The molecule has 8 nitrogen and oxygen atoms in total. The van der Waals surface area contributed by atoms with E-state index in [0.717, 1.165) is 6.92 Å². The topological polar surface area (TPSA) is 101 Å². The van der Waals surface area contributed by atoms with Crippen LogP contribution in [0.1, 0.15) is 40.0 Å². The van der Waals surface area contributed by atoms with Gasteiger partial charge in [0.05, 0.1) is 6.42 Å². The van der Waals surface area contributed by atoms with Crippen LogP contribution in [-0.2, 0) is 33.3 Å². The molecule has 2 fully saturated rings. The van der Waals surface area contributed by atoms with E-state index >= 15 is 0 Å². The van der Waals surface area contributed by atoms with Gasteiger partial charge in [0.25, 0.3) is 5.79 Å². The summed E-state index contributed by atoms with van der Waals surface area (Å²) in [6.07, 6.45) is -41.1. The predicted molar refractivity (Wildman–Crippen MR) is 114 cm³/mol. The van der Waals surface area contributed by atoms with Crippen molar-refractivity contribution in [3.05, 3.63) is 24.3 Å². The SMILES string of the molecule is C=C(C)C(=O)OC1CC(OC2(C(F)(F)F)CC(OC(=O)C(=C)C)(C(F)(F)F)CC(C)(C(F)(F)F)O2)OC(O)(C(F)(F)F)C1(F)F. The van der Waals surface area contributed by atoms with Gasteiger partial charge in [-0.2, -0.15) is 61.5 Å². The van der Waals surface area contributed by atoms with Gasteiger partial charge in [0, 0.05) is 24.0 Å². The lowest BCUT2D eigenvalue weighted by Gasteiger charge is -2.55. The van der Waals surface area contributed by atoms with E-state index in [9.17, 15) is 76.2 Å². The smallest absolute Gasteiger partial charge is 0.449 e. The van der Waals surface area contributed by atoms with Gasteiger partial charge in [-0.3, -0.25) is 0 Å². The Morgan fingerprint density at radius 2 is 1.29 bits per heavy atom. The molecule has 0 radical (unpaired) electrons. The first kappa shape index (κ1) is 38.5. The second kappa shape index (κ2) is 11.2. The maximum Gasteiger partial charge on any atom is 0.449 e. The Morgan fingerprint density at radius 3 is 1.67 bits per heavy atom. The summed E-state index contributed by atoms with van der Waals surface area (Å²) in [7, 11) is 0. The highest BCUT2D eigenvalue weighted by Gasteiger charge is 2.81. The van der Waals surface area contributed by atoms with Gasteiger partial charge in [-0.15, -0.1) is 0 Å². The van der Waals surface area contributed by atoms with E-state index in [4.69, 9.17) is 0 Å². The zero-order chi connectivity index (χ0) is 35.6. The number of rotatable bonds is 6. The normalized spacial score (nSPS) is 34.5. The first-order valence-corrected chi connectivity index (χ1v) is 11.9. The molecule has 0 spiro atoms. The molecule has 0 amide bonds. The molecule has 22 heteroatoms. The minimum atomic E-state index is -6.70. The predicted octanol–water partition coefficient (Wildman–Crippen LogP) is 5.93. The number of halogens is 14. The third-order valence-electron chi connectivity index (χ3n) is 6.58. The van der Waals surface area contributed by atoms with E-state index in [1.54, 1.807) is 0 Å². The van der Waals surface area contributed by atoms with Crippen molar-refractivity contribution < 1.29 is 99.8 Å². The van der Waals surface area contributed by atoms with Crippen LogP contribution in [0.5, 0.6) is 0 Å². The lowest BCUT2D eigenvalue weighted by atomic mass is 9.77. The van der Waals surface area contributed by atoms with E-state index in [1.807, 2.05) is 0 Å². The highest BCUT2D eigenvalue weighted by molar-refractivity contribution is 5.87. The monoisotopic (exact) mass is 692 g/mol. The summed E-state index contributed by atoms with van der Waals surface area (Å²) in [5.74, 6) is -21.3. The quantitative estimate of drug-likeness (QED) is 0.208. The van der Waals surface area contributed by atoms with Gasteiger partial charge in [-0.05, 0) is 20.8 Å². The van der Waals surface area contributed by atoms with Crippen LogP contribution >= 0.6 is 0 Å². The van der Waals surface area contributed by atoms with E-state index < -0.39 is 108 Å². The fraction of sp³-hybridized carbons (Fsp3) is 0.739. The van der Waals surface area contributed by atoms with Gasteiger partial charge < -0.3 is 28.8 Å². The average Bonchev–Trinajstić information content (AvgIpc) is 2.79. The van der Waals surface area contributed by atoms with Crippen LogP contribution in [0, 0.1) is 0 Å². The number of carbonyl (C=O) groups excluding carboxylic acids is 2. The number of alkyl halides is 14. The second-order valence-electron chi connectivity index (χ2n) is 10.4. The molecule has 2 aliphatic heterocycles. The van der Waals surface area contributed by atoms with E-state index in [-0.39, 0.29) is 6.92 Å². The van der Waals surface area contributed by atoms with Crippen molar-refractivity contribution in [3.63, 3.8) is 0 Å². The first-order valence-electron chi connectivity index (χ1n) is 11.9. The summed E-state index contributed by atoms with van der Waals surface area (Å²) in [4.78, 5) is 23.9. The molecule has 45 heavy (non-hydrogen) atoms. The van der Waals surface area contributed by atoms with Gasteiger partial charge in [0.1, 0.15) is 0 Å². The Kier molecular flexibility index (Phi) is 9.59. The van der Waals surface area contributed by atoms with Crippen molar-refractivity contribution >= 4 is 11.9 Å². The van der Waals surface area contributed by atoms with Crippen LogP contribution in [0.25, 0.3) is 0 Å². The van der Waals surface area contributed by atoms with Gasteiger partial charge in [-0.1, -0.05) is 13.2 Å². The fourth-order valence-electron chi connectivity index (χ4n) is 4.21. The van der Waals surface area contributed by atoms with Crippen LogP contribution in [0.4, 0.5) is 61.5 Å². The van der Waals surface area contributed by atoms with Crippen LogP contribution in [0.2, 0.25) is 0 Å². The van der Waals surface area contributed by atoms with E-state index in [0.29, 0.717) is 6.92 Å². The molecule has 0 bridgehead atoms. The van der Waals surface area contributed by atoms with Crippen LogP contribution < -0.4 is 0 Å². The number of ether oxygens (including phenoxy) is 5. The Hall–Kier alpha value is -2.72. The van der Waals surface area contributed by atoms with Crippen molar-refractivity contribution in [3.8, 4) is 0 Å². The molecule has 2 saturated heterocycles. The zero-order valence-corrected chi connectivity index (χ0v) is 22.8. The number of esters is 2. The number of hydrogen-bond donors (Lipinski definition) is 1. The van der Waals surface area contributed by atoms with Gasteiger partial charge in [0.15, 0.2) is 18.0 Å². The molecule has 0 aromatic heterocycles. The Balaban J connectivity index is 2.87. The molecule has 0 aromatic rings. The fourth-order valence-corrected chi connectivity index (χ4v) is 4.21. The van der Waals surface area contributed by atoms with Gasteiger partial charge in [0.2, 0.25) is 5.60 Å². The van der Waals surface area contributed by atoms with Gasteiger partial charge in [-0.25, -0.2) is 9.59 Å². The standard InChI is InChI=1S/C23H22F14O8/c1-9(2)13(38)41-11-6-12(43-19(40,18(11,24)25)23(35,36)37)42-17(22(32,33)34)8-16(21(29,30)31,44-14(39)10(3)4)7-15(5,45-17)20(26,27)28/h11-12,40H,1,3,6-8H2,2,4-5H3. The van der Waals surface area contributed by atoms with Crippen molar-refractivity contribution in [1.29, 1.82) is 0 Å². The van der Waals surface area contributed by atoms with Crippen LogP contribution in [0.3, 0.4) is 0 Å². The zero-order valence-electron chi connectivity index (χ0n) is 22.8. The first-order chi connectivity index (χ1) is 19.7. The van der Waals surface area contributed by atoms with E-state index in [2.05, 4.69) is 36.8 Å². The molecule has 0 saturated carbocycles. The summed E-state index contributed by atoms with van der Waals surface area (Å²) >= 11 is 0. The van der Waals surface area contributed by atoms with Crippen molar-refractivity contribution in [2.24, 2.45) is 0 Å². The summed E-state index contributed by atoms with van der Waals surface area (Å²) in [6, 6.07) is 0. The molecular formula is C23H22F14O8. The van der Waals surface area contributed by atoms with Crippen LogP contribution in [-0.4, -0.2) is 82.8 Å². The molecule has 0 aliphatic carbocycles. The summed E-state index contributed by atoms with van der Waals surface area (Å²) in [5.41, 5.74) is -11.3. The van der Waals surface area contributed by atoms with Gasteiger partial charge >= 0.3 is 48.4 Å². The molecular weight excluding hydrogens is 670 g/mol. The lowest BCUT2D eigenvalue weighted by Crippen LogP contribution is -2.74. The summed E-state index contributed by atoms with van der Waals surface area (Å²) in [5, 5.41) is 9.84. The minimum absolute atomic E-state index is 0.384. The lowest BCUT2D eigenvalue weighted by molar-refractivity contribution is -0.532. The molecule has 2 aliphatic rings. The van der Waals surface area contributed by atoms with E-state index in [1.165, 1.54) is 0 Å². The molecule has 6 atom stereocenters. The number of aliphatic hydroxyl groups is 1. The van der Waals surface area contributed by atoms with Crippen molar-refractivity contribution in [1.82, 2.24) is 0 Å². The minimum Gasteiger partial charge on any atom is -0.452 e. The molecule has 0 aromatic carbocycles. The third-order valence-corrected chi connectivity index (χ3v) is 6.58. The summed E-state index contributed by atoms with van der Waals surface area (Å²) < 4.78 is 220. The maximum absolute atomic E-state index is 14.8. The van der Waals surface area contributed by atoms with Crippen molar-refractivity contribution in [2.45, 2.75) is 106 Å². The highest BCUT2D eigenvalue weighted by Crippen LogP contribution is 2.60. The largest absolute Gasteiger partial charge is 0.452 e. The third kappa shape index (κ3) is 6.73. The average molecular weight is 692 g/mol. The molecule has 2 rings (SSSR count). The second-order valence-corrected chi connectivity index (χ2v) is 10.4. The molecule has 6 unspecified atom stereocenters. The maximum atomic E-state index is 14.8. The number of hydrogen-bond acceptors (Lipinski definition) is 8. The number of carbonyl (C=O) groups is 2. The molecule has 2 heterocycles. The van der Waals surface area contributed by atoms with Crippen LogP contribution in [0.15, 0.2) is 24.3 Å².